The van der Waals surface area contributed by atoms with E-state index in [-0.39, 0.29) is 34.2 Å². The number of nitrogens with one attached hydrogen (secondary N) is 2. The Hall–Kier alpha value is -4.28. The smallest absolute Gasteiger partial charge is 0.293 e. The zero-order valence-electron chi connectivity index (χ0n) is 38.0. The van der Waals surface area contributed by atoms with Gasteiger partial charge in [-0.05, 0) is 159 Å². The van der Waals surface area contributed by atoms with Gasteiger partial charge in [0.05, 0.1) is 33.2 Å². The first-order valence-corrected chi connectivity index (χ1v) is 25.0. The van der Waals surface area contributed by atoms with Crippen LogP contribution in [0.1, 0.15) is 127 Å². The van der Waals surface area contributed by atoms with Crippen LogP contribution in [0.25, 0.3) is 0 Å². The van der Waals surface area contributed by atoms with Crippen molar-refractivity contribution in [3.8, 4) is 5.75 Å². The number of benzene rings is 3. The van der Waals surface area contributed by atoms with Crippen LogP contribution in [0.5, 0.6) is 5.75 Å². The van der Waals surface area contributed by atoms with Crippen LogP contribution in [0.4, 0.5) is 17.1 Å². The lowest BCUT2D eigenvalue weighted by molar-refractivity contribution is -0.384. The first-order chi connectivity index (χ1) is 30.4. The van der Waals surface area contributed by atoms with E-state index in [0.717, 1.165) is 114 Å². The molecule has 0 unspecified atom stereocenters. The summed E-state index contributed by atoms with van der Waals surface area (Å²) < 4.78 is 35.1. The van der Waals surface area contributed by atoms with Gasteiger partial charge in [-0.2, -0.15) is 0 Å². The maximum atomic E-state index is 13.3. The molecule has 14 nitrogen and oxygen atoms in total. The summed E-state index contributed by atoms with van der Waals surface area (Å²) in [6.07, 6.45) is 11.2. The second kappa shape index (κ2) is 18.5. The third-order valence-electron chi connectivity index (χ3n) is 15.2. The van der Waals surface area contributed by atoms with E-state index in [9.17, 15) is 33.5 Å². The Morgan fingerprint density at radius 2 is 1.50 bits per heavy atom. The van der Waals surface area contributed by atoms with Crippen LogP contribution in [-0.4, -0.2) is 108 Å². The number of nitro groups is 1. The van der Waals surface area contributed by atoms with Crippen molar-refractivity contribution >= 4 is 33.0 Å². The Morgan fingerprint density at radius 1 is 0.859 bits per heavy atom. The molecule has 15 heteroatoms. The standard InChI is InChI=1S/C49H68N6O8S/c1-34(2)63-45-8-6-5-7-41(45)44-33-53(38-17-21-48(4,58)22-18-38)27-28-54(44)39-30-49(31-39)23-25-52(26-24-49)37-11-9-36(10-12-37)46(56)51-64(61,62)40-13-14-42(43(29-40)55(59)60)50-32-35-15-19-47(3,57)20-16-35/h5-14,29,34-35,38-39,44,50,57-58H,15-28,30-33H2,1-4H3,(H,51,56)/t35?,38?,44-,47?,48?/m1/s1. The van der Waals surface area contributed by atoms with Gasteiger partial charge in [0.15, 0.2) is 0 Å². The monoisotopic (exact) mass is 900 g/mol. The normalized spacial score (nSPS) is 28.1. The molecule has 1 spiro atoms. The third-order valence-corrected chi connectivity index (χ3v) is 16.6. The summed E-state index contributed by atoms with van der Waals surface area (Å²) in [5.74, 6) is 0.392. The average Bonchev–Trinajstić information content (AvgIpc) is 3.25. The molecule has 1 amide bonds. The highest BCUT2D eigenvalue weighted by atomic mass is 32.2. The highest BCUT2D eigenvalue weighted by molar-refractivity contribution is 7.90. The second-order valence-corrected chi connectivity index (χ2v) is 22.2. The molecule has 2 saturated heterocycles. The molecule has 1 atom stereocenters. The molecule has 3 aliphatic carbocycles. The summed E-state index contributed by atoms with van der Waals surface area (Å²) in [6, 6.07) is 20.4. The van der Waals surface area contributed by atoms with Crippen LogP contribution in [0.3, 0.4) is 0 Å². The Kier molecular flexibility index (Phi) is 13.4. The summed E-state index contributed by atoms with van der Waals surface area (Å²) >= 11 is 0. The molecule has 8 rings (SSSR count). The number of carbonyl (C=O) groups is 1. The van der Waals surface area contributed by atoms with Crippen molar-refractivity contribution in [2.75, 3.05) is 49.5 Å². The van der Waals surface area contributed by atoms with Crippen LogP contribution >= 0.6 is 0 Å². The number of piperidine rings is 1. The number of hydrogen-bond acceptors (Lipinski definition) is 12. The molecule has 0 aromatic heterocycles. The molecule has 0 radical (unpaired) electrons. The molecule has 3 aromatic carbocycles. The number of ether oxygens (including phenoxy) is 1. The fourth-order valence-corrected chi connectivity index (χ4v) is 12.2. The number of para-hydroxylation sites is 1. The lowest BCUT2D eigenvalue weighted by atomic mass is 9.59. The zero-order chi connectivity index (χ0) is 45.4. The van der Waals surface area contributed by atoms with Gasteiger partial charge < -0.3 is 25.2 Å². The summed E-state index contributed by atoms with van der Waals surface area (Å²) in [6.45, 7) is 13.2. The Morgan fingerprint density at radius 3 is 2.14 bits per heavy atom. The molecular formula is C49H68N6O8S. The lowest BCUT2D eigenvalue weighted by Gasteiger charge is -2.59. The Bertz CT molecular complexity index is 2230. The van der Waals surface area contributed by atoms with E-state index >= 15 is 0 Å². The Balaban J connectivity index is 0.856. The maximum Gasteiger partial charge on any atom is 0.293 e. The van der Waals surface area contributed by atoms with E-state index in [4.69, 9.17) is 4.74 Å². The third kappa shape index (κ3) is 10.5. The van der Waals surface area contributed by atoms with Crippen molar-refractivity contribution in [3.63, 3.8) is 0 Å². The number of aliphatic hydroxyl groups is 2. The lowest BCUT2D eigenvalue weighted by Crippen LogP contribution is -2.61. The predicted molar refractivity (Wildman–Crippen MR) is 248 cm³/mol. The van der Waals surface area contributed by atoms with Gasteiger partial charge >= 0.3 is 0 Å². The first kappa shape index (κ1) is 46.3. The van der Waals surface area contributed by atoms with E-state index < -0.39 is 37.7 Å². The maximum absolute atomic E-state index is 13.3. The number of sulfonamides is 1. The molecular weight excluding hydrogens is 833 g/mol. The van der Waals surface area contributed by atoms with Crippen LogP contribution in [0, 0.1) is 21.4 Å². The molecule has 64 heavy (non-hydrogen) atoms. The summed E-state index contributed by atoms with van der Waals surface area (Å²) in [4.78, 5) is 32.0. The number of carbonyl (C=O) groups excluding carboxylic acids is 1. The predicted octanol–water partition coefficient (Wildman–Crippen LogP) is 7.66. The minimum absolute atomic E-state index is 0.0836. The van der Waals surface area contributed by atoms with E-state index in [1.807, 2.05) is 26.0 Å². The molecule has 2 heterocycles. The summed E-state index contributed by atoms with van der Waals surface area (Å²) in [7, 11) is -4.41. The molecule has 3 saturated carbocycles. The van der Waals surface area contributed by atoms with Gasteiger partial charge in [-0.25, -0.2) is 13.1 Å². The molecule has 5 aliphatic rings. The van der Waals surface area contributed by atoms with Gasteiger partial charge in [0.2, 0.25) is 0 Å². The van der Waals surface area contributed by atoms with Gasteiger partial charge in [-0.15, -0.1) is 0 Å². The second-order valence-electron chi connectivity index (χ2n) is 20.5. The van der Waals surface area contributed by atoms with E-state index in [2.05, 4.69) is 62.9 Å². The van der Waals surface area contributed by atoms with Crippen LogP contribution < -0.4 is 19.7 Å². The van der Waals surface area contributed by atoms with Gasteiger partial charge in [-0.3, -0.25) is 24.7 Å². The fraction of sp³-hybridized carbons (Fsp3) is 0.612. The van der Waals surface area contributed by atoms with Crippen molar-refractivity contribution in [2.24, 2.45) is 11.3 Å². The Labute approximate surface area is 378 Å². The molecule has 5 fully saturated rings. The zero-order valence-corrected chi connectivity index (χ0v) is 38.8. The van der Waals surface area contributed by atoms with E-state index in [1.54, 1.807) is 12.1 Å². The topological polar surface area (TPSA) is 178 Å². The summed E-state index contributed by atoms with van der Waals surface area (Å²) in [5.41, 5.74) is 1.28. The van der Waals surface area contributed by atoms with Gasteiger partial charge in [0.25, 0.3) is 21.6 Å². The van der Waals surface area contributed by atoms with Crippen molar-refractivity contribution in [2.45, 2.75) is 145 Å². The number of nitrogens with zero attached hydrogens (tertiary/aromatic N) is 4. The molecule has 348 valence electrons. The molecule has 0 bridgehead atoms. The van der Waals surface area contributed by atoms with Crippen molar-refractivity contribution in [1.82, 2.24) is 14.5 Å². The number of rotatable bonds is 13. The van der Waals surface area contributed by atoms with E-state index in [0.29, 0.717) is 36.9 Å². The summed E-state index contributed by atoms with van der Waals surface area (Å²) in [5, 5.41) is 36.0. The fourth-order valence-electron chi connectivity index (χ4n) is 11.2. The average molecular weight is 901 g/mol. The van der Waals surface area contributed by atoms with Crippen molar-refractivity contribution in [1.29, 1.82) is 0 Å². The first-order valence-electron chi connectivity index (χ1n) is 23.5. The van der Waals surface area contributed by atoms with Gasteiger partial charge in [0.1, 0.15) is 11.4 Å². The van der Waals surface area contributed by atoms with Crippen molar-refractivity contribution in [3.05, 3.63) is 88.0 Å². The van der Waals surface area contributed by atoms with Crippen LogP contribution in [0.2, 0.25) is 0 Å². The highest BCUT2D eigenvalue weighted by Gasteiger charge is 2.50. The molecule has 3 aromatic rings. The largest absolute Gasteiger partial charge is 0.491 e. The van der Waals surface area contributed by atoms with Gasteiger partial charge in [-0.1, -0.05) is 18.2 Å². The molecule has 4 N–H and O–H groups in total. The number of piperazine rings is 1. The van der Waals surface area contributed by atoms with E-state index in [1.165, 1.54) is 17.7 Å². The number of nitro benzene ring substituents is 1. The number of anilines is 2. The molecule has 2 aliphatic heterocycles. The quantitative estimate of drug-likeness (QED) is 0.0975. The van der Waals surface area contributed by atoms with Crippen LogP contribution in [0.15, 0.2) is 71.6 Å². The minimum atomic E-state index is -4.41. The highest BCUT2D eigenvalue weighted by Crippen LogP contribution is 2.53. The van der Waals surface area contributed by atoms with Crippen molar-refractivity contribution < 1.29 is 33.1 Å². The SMILES string of the molecule is CC(C)Oc1ccccc1[C@H]1CN(C2CCC(C)(O)CC2)CCN1C1CC2(CCN(c3ccc(C(=O)NS(=O)(=O)c4ccc(NCC5CCC(C)(O)CC5)c([N+](=O)[O-])c4)cc3)CC2)C1. The minimum Gasteiger partial charge on any atom is -0.491 e. The van der Waals surface area contributed by atoms with Crippen LogP contribution in [-0.2, 0) is 10.0 Å². The number of hydrogen-bond donors (Lipinski definition) is 4. The number of amides is 1. The van der Waals surface area contributed by atoms with Gasteiger partial charge in [0, 0.05) is 74.2 Å².